The first-order valence-electron chi connectivity index (χ1n) is 7.01. The zero-order valence-corrected chi connectivity index (χ0v) is 11.1. The summed E-state index contributed by atoms with van der Waals surface area (Å²) >= 11 is 0. The molecule has 0 saturated carbocycles. The minimum absolute atomic E-state index is 0.479. The van der Waals surface area contributed by atoms with Crippen LogP contribution in [0.5, 0.6) is 0 Å². The van der Waals surface area contributed by atoms with Gasteiger partial charge in [0.05, 0.1) is 5.69 Å². The monoisotopic (exact) mass is 232 g/mol. The van der Waals surface area contributed by atoms with Gasteiger partial charge in [0.2, 0.25) is 0 Å². The number of fused-ring (bicyclic) bond motifs is 1. The van der Waals surface area contributed by atoms with Crippen molar-refractivity contribution in [3.63, 3.8) is 0 Å². The molecule has 17 heavy (non-hydrogen) atoms. The van der Waals surface area contributed by atoms with E-state index >= 15 is 0 Å². The van der Waals surface area contributed by atoms with Crippen molar-refractivity contribution in [1.29, 1.82) is 0 Å². The number of unbranched alkanes of at least 4 members (excludes halogenated alkanes) is 1. The lowest BCUT2D eigenvalue weighted by Crippen LogP contribution is -2.33. The van der Waals surface area contributed by atoms with Crippen molar-refractivity contribution >= 4 is 0 Å². The summed E-state index contributed by atoms with van der Waals surface area (Å²) in [5.74, 6) is 0. The molecular formula is C15H24N2. The number of rotatable bonds is 5. The maximum atomic E-state index is 4.57. The van der Waals surface area contributed by atoms with Gasteiger partial charge in [-0.05, 0) is 44.2 Å². The lowest BCUT2D eigenvalue weighted by atomic mass is 9.91. The lowest BCUT2D eigenvalue weighted by molar-refractivity contribution is 0.382. The molecule has 1 aliphatic carbocycles. The molecule has 0 spiro atoms. The number of pyridine rings is 1. The van der Waals surface area contributed by atoms with Crippen LogP contribution < -0.4 is 5.32 Å². The SMILES string of the molecule is CCCCC(C)NC1CCCc2cccnc21. The largest absolute Gasteiger partial charge is 0.306 e. The second kappa shape index (κ2) is 6.15. The Morgan fingerprint density at radius 3 is 3.24 bits per heavy atom. The third kappa shape index (κ3) is 3.29. The molecule has 0 aliphatic heterocycles. The third-order valence-corrected chi connectivity index (χ3v) is 3.67. The van der Waals surface area contributed by atoms with Gasteiger partial charge < -0.3 is 5.32 Å². The molecule has 0 aromatic carbocycles. The molecule has 1 heterocycles. The predicted octanol–water partition coefficient (Wildman–Crippen LogP) is 3.63. The fraction of sp³-hybridized carbons (Fsp3) is 0.667. The Kier molecular flexibility index (Phi) is 4.55. The Balaban J connectivity index is 1.98. The third-order valence-electron chi connectivity index (χ3n) is 3.67. The molecule has 0 radical (unpaired) electrons. The van der Waals surface area contributed by atoms with Gasteiger partial charge >= 0.3 is 0 Å². The molecule has 1 aromatic heterocycles. The smallest absolute Gasteiger partial charge is 0.0605 e. The second-order valence-electron chi connectivity index (χ2n) is 5.20. The highest BCUT2D eigenvalue weighted by Crippen LogP contribution is 2.28. The minimum Gasteiger partial charge on any atom is -0.306 e. The number of hydrogen-bond donors (Lipinski definition) is 1. The van der Waals surface area contributed by atoms with Gasteiger partial charge in [0.15, 0.2) is 0 Å². The van der Waals surface area contributed by atoms with Gasteiger partial charge in [-0.1, -0.05) is 25.8 Å². The zero-order valence-electron chi connectivity index (χ0n) is 11.1. The Hall–Kier alpha value is -0.890. The van der Waals surface area contributed by atoms with Crippen LogP contribution in [0.2, 0.25) is 0 Å². The molecule has 1 aromatic rings. The average molecular weight is 232 g/mol. The first-order valence-corrected chi connectivity index (χ1v) is 7.01. The van der Waals surface area contributed by atoms with Crippen molar-refractivity contribution in [1.82, 2.24) is 10.3 Å². The van der Waals surface area contributed by atoms with E-state index in [4.69, 9.17) is 0 Å². The van der Waals surface area contributed by atoms with Crippen LogP contribution in [0.3, 0.4) is 0 Å². The minimum atomic E-state index is 0.479. The highest BCUT2D eigenvalue weighted by Gasteiger charge is 2.21. The summed E-state index contributed by atoms with van der Waals surface area (Å²) in [5.41, 5.74) is 2.74. The van der Waals surface area contributed by atoms with Gasteiger partial charge in [-0.25, -0.2) is 0 Å². The van der Waals surface area contributed by atoms with Crippen LogP contribution in [0.1, 0.15) is 63.3 Å². The van der Waals surface area contributed by atoms with E-state index in [-0.39, 0.29) is 0 Å². The Bertz CT molecular complexity index is 349. The Morgan fingerprint density at radius 2 is 2.41 bits per heavy atom. The number of nitrogens with zero attached hydrogens (tertiary/aromatic N) is 1. The highest BCUT2D eigenvalue weighted by molar-refractivity contribution is 5.25. The van der Waals surface area contributed by atoms with Gasteiger partial charge in [0, 0.05) is 18.3 Å². The van der Waals surface area contributed by atoms with E-state index in [1.807, 2.05) is 6.20 Å². The average Bonchev–Trinajstić information content (AvgIpc) is 2.37. The standard InChI is InChI=1S/C15H24N2/c1-3-4-7-12(2)17-14-10-5-8-13-9-6-11-16-15(13)14/h6,9,11-12,14,17H,3-5,7-8,10H2,1-2H3. The molecule has 2 unspecified atom stereocenters. The summed E-state index contributed by atoms with van der Waals surface area (Å²) in [6.07, 6.45) is 9.52. The number of nitrogens with one attached hydrogen (secondary N) is 1. The van der Waals surface area contributed by atoms with Crippen molar-refractivity contribution < 1.29 is 0 Å². The predicted molar refractivity (Wildman–Crippen MR) is 72.0 cm³/mol. The van der Waals surface area contributed by atoms with Crippen LogP contribution in [-0.4, -0.2) is 11.0 Å². The number of aryl methyl sites for hydroxylation is 1. The molecule has 94 valence electrons. The topological polar surface area (TPSA) is 24.9 Å². The van der Waals surface area contributed by atoms with Gasteiger partial charge in [-0.3, -0.25) is 4.98 Å². The van der Waals surface area contributed by atoms with Crippen LogP contribution in [-0.2, 0) is 6.42 Å². The summed E-state index contributed by atoms with van der Waals surface area (Å²) in [4.78, 5) is 4.57. The molecule has 0 fully saturated rings. The van der Waals surface area contributed by atoms with Gasteiger partial charge in [0.1, 0.15) is 0 Å². The molecule has 0 saturated heterocycles. The summed E-state index contributed by atoms with van der Waals surface area (Å²) in [7, 11) is 0. The second-order valence-corrected chi connectivity index (χ2v) is 5.20. The van der Waals surface area contributed by atoms with Crippen LogP contribution in [0.4, 0.5) is 0 Å². The molecule has 2 atom stereocenters. The maximum Gasteiger partial charge on any atom is 0.0605 e. The Morgan fingerprint density at radius 1 is 1.53 bits per heavy atom. The lowest BCUT2D eigenvalue weighted by Gasteiger charge is -2.28. The van der Waals surface area contributed by atoms with Crippen LogP contribution in [0.15, 0.2) is 18.3 Å². The van der Waals surface area contributed by atoms with Gasteiger partial charge in [-0.15, -0.1) is 0 Å². The molecule has 2 rings (SSSR count). The molecule has 0 bridgehead atoms. The summed E-state index contributed by atoms with van der Waals surface area (Å²) in [5, 5.41) is 3.75. The first kappa shape index (κ1) is 12.6. The fourth-order valence-electron chi connectivity index (χ4n) is 2.71. The number of aromatic nitrogens is 1. The molecule has 1 aliphatic rings. The maximum absolute atomic E-state index is 4.57. The number of hydrogen-bond acceptors (Lipinski definition) is 2. The molecule has 2 nitrogen and oxygen atoms in total. The molecular weight excluding hydrogens is 208 g/mol. The summed E-state index contributed by atoms with van der Waals surface area (Å²) in [6, 6.07) is 5.37. The van der Waals surface area contributed by atoms with E-state index in [2.05, 4.69) is 36.3 Å². The van der Waals surface area contributed by atoms with Crippen molar-refractivity contribution in [3.8, 4) is 0 Å². The van der Waals surface area contributed by atoms with Gasteiger partial charge in [0.25, 0.3) is 0 Å². The van der Waals surface area contributed by atoms with Crippen molar-refractivity contribution in [2.45, 2.75) is 64.5 Å². The van der Waals surface area contributed by atoms with E-state index in [1.54, 1.807) is 0 Å². The highest BCUT2D eigenvalue weighted by atomic mass is 15.0. The van der Waals surface area contributed by atoms with E-state index in [9.17, 15) is 0 Å². The van der Waals surface area contributed by atoms with Crippen molar-refractivity contribution in [3.05, 3.63) is 29.6 Å². The Labute approximate surface area is 105 Å². The normalized spacial score (nSPS) is 20.9. The fourth-order valence-corrected chi connectivity index (χ4v) is 2.71. The molecule has 0 amide bonds. The summed E-state index contributed by atoms with van der Waals surface area (Å²) in [6.45, 7) is 4.55. The van der Waals surface area contributed by atoms with Crippen LogP contribution in [0, 0.1) is 0 Å². The first-order chi connectivity index (χ1) is 8.31. The van der Waals surface area contributed by atoms with E-state index in [0.717, 1.165) is 0 Å². The quantitative estimate of drug-likeness (QED) is 0.838. The molecule has 2 heteroatoms. The van der Waals surface area contributed by atoms with Crippen LogP contribution in [0.25, 0.3) is 0 Å². The van der Waals surface area contributed by atoms with E-state index < -0.39 is 0 Å². The zero-order chi connectivity index (χ0) is 12.1. The van der Waals surface area contributed by atoms with Crippen molar-refractivity contribution in [2.24, 2.45) is 0 Å². The van der Waals surface area contributed by atoms with Gasteiger partial charge in [-0.2, -0.15) is 0 Å². The van der Waals surface area contributed by atoms with E-state index in [0.29, 0.717) is 12.1 Å². The molecule has 1 N–H and O–H groups in total. The van der Waals surface area contributed by atoms with Crippen LogP contribution >= 0.6 is 0 Å². The summed E-state index contributed by atoms with van der Waals surface area (Å²) < 4.78 is 0. The van der Waals surface area contributed by atoms with Crippen molar-refractivity contribution in [2.75, 3.05) is 0 Å². The van der Waals surface area contributed by atoms with E-state index in [1.165, 1.54) is 49.8 Å².